The molecule has 4 nitrogen and oxygen atoms in total. The molecule has 1 rings (SSSR count). The van der Waals surface area contributed by atoms with Crippen LogP contribution in [-0.4, -0.2) is 30.5 Å². The number of nitrogens with two attached hydrogens (primary N) is 1. The van der Waals surface area contributed by atoms with E-state index in [1.54, 1.807) is 31.0 Å². The average molecular weight is 309 g/mol. The summed E-state index contributed by atoms with van der Waals surface area (Å²) in [5.74, 6) is 0.0474. The van der Waals surface area contributed by atoms with Gasteiger partial charge in [-0.05, 0) is 24.6 Å². The van der Waals surface area contributed by atoms with Gasteiger partial charge in [-0.25, -0.2) is 0 Å². The van der Waals surface area contributed by atoms with Crippen molar-refractivity contribution in [3.05, 3.63) is 29.8 Å². The van der Waals surface area contributed by atoms with Crippen LogP contribution < -0.4 is 10.5 Å². The van der Waals surface area contributed by atoms with Crippen molar-refractivity contribution in [1.29, 1.82) is 0 Å². The Morgan fingerprint density at radius 1 is 1.35 bits per heavy atom. The Kier molecular flexibility index (Phi) is 8.10. The number of halogens is 3. The van der Waals surface area contributed by atoms with E-state index in [9.17, 15) is 13.6 Å². The predicted octanol–water partition coefficient (Wildman–Crippen LogP) is 2.41. The predicted molar refractivity (Wildman–Crippen MR) is 75.1 cm³/mol. The van der Waals surface area contributed by atoms with Crippen LogP contribution >= 0.6 is 12.4 Å². The Morgan fingerprint density at radius 3 is 2.35 bits per heavy atom. The first kappa shape index (κ1) is 18.6. The first-order valence-corrected chi connectivity index (χ1v) is 5.91. The summed E-state index contributed by atoms with van der Waals surface area (Å²) >= 11 is 0. The molecule has 0 heterocycles. The average Bonchev–Trinajstić information content (AvgIpc) is 2.30. The molecule has 114 valence electrons. The van der Waals surface area contributed by atoms with E-state index in [0.29, 0.717) is 6.54 Å². The lowest BCUT2D eigenvalue weighted by Gasteiger charge is -2.18. The van der Waals surface area contributed by atoms with Crippen molar-refractivity contribution >= 4 is 18.3 Å². The van der Waals surface area contributed by atoms with E-state index >= 15 is 0 Å². The minimum Gasteiger partial charge on any atom is -0.435 e. The van der Waals surface area contributed by atoms with Crippen LogP contribution in [0.15, 0.2) is 24.3 Å². The molecule has 1 aromatic carbocycles. The summed E-state index contributed by atoms with van der Waals surface area (Å²) in [4.78, 5) is 13.2. The molecule has 0 saturated carbocycles. The molecule has 0 fully saturated rings. The second kappa shape index (κ2) is 8.71. The monoisotopic (exact) mass is 308 g/mol. The smallest absolute Gasteiger partial charge is 0.387 e. The van der Waals surface area contributed by atoms with E-state index in [-0.39, 0.29) is 36.5 Å². The SMILES string of the molecule is CC(N)CC(=O)N(C)Cc1ccc(OC(F)F)cc1.Cl. The number of hydrogen-bond donors (Lipinski definition) is 1. The fraction of sp³-hybridized carbons (Fsp3) is 0.462. The van der Waals surface area contributed by atoms with Gasteiger partial charge in [0.2, 0.25) is 5.91 Å². The van der Waals surface area contributed by atoms with Crippen molar-refractivity contribution in [1.82, 2.24) is 4.90 Å². The molecular formula is C13H19ClF2N2O2. The number of alkyl halides is 2. The normalized spacial score (nSPS) is 11.7. The number of ether oxygens (including phenoxy) is 1. The molecule has 0 spiro atoms. The van der Waals surface area contributed by atoms with Gasteiger partial charge in [-0.15, -0.1) is 12.4 Å². The molecule has 0 saturated heterocycles. The van der Waals surface area contributed by atoms with Crippen LogP contribution in [0, 0.1) is 0 Å². The zero-order chi connectivity index (χ0) is 14.4. The molecule has 2 N–H and O–H groups in total. The maximum Gasteiger partial charge on any atom is 0.387 e. The summed E-state index contributed by atoms with van der Waals surface area (Å²) < 4.78 is 28.2. The van der Waals surface area contributed by atoms with Crippen molar-refractivity contribution in [2.75, 3.05) is 7.05 Å². The Balaban J connectivity index is 0.00000361. The van der Waals surface area contributed by atoms with Crippen LogP contribution in [0.2, 0.25) is 0 Å². The molecule has 20 heavy (non-hydrogen) atoms. The second-order valence-electron chi connectivity index (χ2n) is 4.45. The van der Waals surface area contributed by atoms with Crippen LogP contribution in [0.1, 0.15) is 18.9 Å². The summed E-state index contributed by atoms with van der Waals surface area (Å²) in [5, 5.41) is 0. The maximum atomic E-state index is 12.0. The third-order valence-electron chi connectivity index (χ3n) is 2.49. The molecule has 0 aliphatic rings. The standard InChI is InChI=1S/C13H18F2N2O2.ClH/c1-9(16)7-12(18)17(2)8-10-3-5-11(6-4-10)19-13(14)15;/h3-6,9,13H,7-8,16H2,1-2H3;1H. The number of benzene rings is 1. The molecule has 0 aliphatic heterocycles. The van der Waals surface area contributed by atoms with Crippen molar-refractivity contribution < 1.29 is 18.3 Å². The van der Waals surface area contributed by atoms with Crippen molar-refractivity contribution in [3.8, 4) is 5.75 Å². The van der Waals surface area contributed by atoms with Crippen molar-refractivity contribution in [2.24, 2.45) is 5.73 Å². The minimum absolute atomic E-state index is 0. The molecule has 0 aromatic heterocycles. The summed E-state index contributed by atoms with van der Waals surface area (Å²) in [6.45, 7) is -0.663. The number of nitrogens with zero attached hydrogens (tertiary/aromatic N) is 1. The Hall–Kier alpha value is -1.40. The molecule has 1 atom stereocenters. The first-order chi connectivity index (χ1) is 8.88. The topological polar surface area (TPSA) is 55.6 Å². The molecule has 1 amide bonds. The highest BCUT2D eigenvalue weighted by molar-refractivity contribution is 5.85. The largest absolute Gasteiger partial charge is 0.435 e. The van der Waals surface area contributed by atoms with Gasteiger partial charge < -0.3 is 15.4 Å². The maximum absolute atomic E-state index is 12.0. The fourth-order valence-electron chi connectivity index (χ4n) is 1.57. The van der Waals surface area contributed by atoms with Gasteiger partial charge in [0.15, 0.2) is 0 Å². The van der Waals surface area contributed by atoms with Gasteiger partial charge in [-0.1, -0.05) is 12.1 Å². The Labute approximate surface area is 123 Å². The van der Waals surface area contributed by atoms with Crippen LogP contribution in [0.3, 0.4) is 0 Å². The lowest BCUT2D eigenvalue weighted by molar-refractivity contribution is -0.130. The van der Waals surface area contributed by atoms with E-state index < -0.39 is 6.61 Å². The lowest BCUT2D eigenvalue weighted by atomic mass is 10.2. The number of carbonyl (C=O) groups excluding carboxylic acids is 1. The molecular weight excluding hydrogens is 290 g/mol. The highest BCUT2D eigenvalue weighted by Gasteiger charge is 2.11. The van der Waals surface area contributed by atoms with E-state index in [1.165, 1.54) is 12.1 Å². The second-order valence-corrected chi connectivity index (χ2v) is 4.45. The van der Waals surface area contributed by atoms with Gasteiger partial charge in [0, 0.05) is 26.1 Å². The van der Waals surface area contributed by atoms with Crippen molar-refractivity contribution in [3.63, 3.8) is 0 Å². The molecule has 0 bridgehead atoms. The van der Waals surface area contributed by atoms with E-state index in [0.717, 1.165) is 5.56 Å². The molecule has 7 heteroatoms. The van der Waals surface area contributed by atoms with Gasteiger partial charge in [0.05, 0.1) is 0 Å². The summed E-state index contributed by atoms with van der Waals surface area (Å²) in [5.41, 5.74) is 6.39. The van der Waals surface area contributed by atoms with Gasteiger partial charge >= 0.3 is 6.61 Å². The first-order valence-electron chi connectivity index (χ1n) is 5.91. The number of amides is 1. The highest BCUT2D eigenvalue weighted by atomic mass is 35.5. The van der Waals surface area contributed by atoms with E-state index in [2.05, 4.69) is 4.74 Å². The van der Waals surface area contributed by atoms with Gasteiger partial charge in [-0.2, -0.15) is 8.78 Å². The summed E-state index contributed by atoms with van der Waals surface area (Å²) in [7, 11) is 1.67. The zero-order valence-electron chi connectivity index (χ0n) is 11.4. The van der Waals surface area contributed by atoms with Crippen LogP contribution in [0.4, 0.5) is 8.78 Å². The third kappa shape index (κ3) is 6.68. The Morgan fingerprint density at radius 2 is 1.90 bits per heavy atom. The molecule has 0 aliphatic carbocycles. The van der Waals surface area contributed by atoms with E-state index in [4.69, 9.17) is 5.73 Å². The molecule has 1 unspecified atom stereocenters. The van der Waals surface area contributed by atoms with Gasteiger partial charge in [-0.3, -0.25) is 4.79 Å². The molecule has 1 aromatic rings. The van der Waals surface area contributed by atoms with Crippen LogP contribution in [0.25, 0.3) is 0 Å². The minimum atomic E-state index is -2.83. The summed E-state index contributed by atoms with van der Waals surface area (Å²) in [6.07, 6.45) is 0.281. The van der Waals surface area contributed by atoms with Crippen molar-refractivity contribution in [2.45, 2.75) is 32.5 Å². The van der Waals surface area contributed by atoms with E-state index in [1.807, 2.05) is 0 Å². The number of carbonyl (C=O) groups is 1. The van der Waals surface area contributed by atoms with Crippen LogP contribution in [-0.2, 0) is 11.3 Å². The quantitative estimate of drug-likeness (QED) is 0.878. The Bertz CT molecular complexity index is 413. The summed E-state index contributed by atoms with van der Waals surface area (Å²) in [6, 6.07) is 6.01. The lowest BCUT2D eigenvalue weighted by Crippen LogP contribution is -2.31. The van der Waals surface area contributed by atoms with Gasteiger partial charge in [0.25, 0.3) is 0 Å². The zero-order valence-corrected chi connectivity index (χ0v) is 12.2. The van der Waals surface area contributed by atoms with Crippen LogP contribution in [0.5, 0.6) is 5.75 Å². The molecule has 0 radical (unpaired) electrons. The number of rotatable bonds is 6. The fourth-order valence-corrected chi connectivity index (χ4v) is 1.57. The number of hydrogen-bond acceptors (Lipinski definition) is 3. The highest BCUT2D eigenvalue weighted by Crippen LogP contribution is 2.15. The van der Waals surface area contributed by atoms with Gasteiger partial charge in [0.1, 0.15) is 5.75 Å². The third-order valence-corrected chi connectivity index (χ3v) is 2.49.